The number of nitrogens with zero attached hydrogens (tertiary/aromatic N) is 3. The van der Waals surface area contributed by atoms with Gasteiger partial charge in [-0.15, -0.1) is 0 Å². The van der Waals surface area contributed by atoms with Crippen molar-refractivity contribution in [1.29, 1.82) is 0 Å². The highest BCUT2D eigenvalue weighted by Crippen LogP contribution is 2.24. The number of hydrogen-bond donors (Lipinski definition) is 0. The summed E-state index contributed by atoms with van der Waals surface area (Å²) in [6.07, 6.45) is 0. The highest BCUT2D eigenvalue weighted by Gasteiger charge is 2.33. The summed E-state index contributed by atoms with van der Waals surface area (Å²) in [6.45, 7) is 4.91. The van der Waals surface area contributed by atoms with Gasteiger partial charge in [0.1, 0.15) is 5.76 Å². The molecular formula is C22H19N3O6. The molecule has 0 fully saturated rings. The van der Waals surface area contributed by atoms with Crippen LogP contribution in [0.2, 0.25) is 0 Å². The van der Waals surface area contributed by atoms with E-state index in [0.717, 1.165) is 10.6 Å². The molecule has 2 aromatic heterocycles. The van der Waals surface area contributed by atoms with Gasteiger partial charge in [-0.1, -0.05) is 5.16 Å². The molecule has 0 spiro atoms. The summed E-state index contributed by atoms with van der Waals surface area (Å²) in [5.74, 6) is -0.836. The third-order valence-electron chi connectivity index (χ3n) is 5.24. The number of Topliss-reactive ketones (excluding diaryl/α,β-unsaturated/α-hetero) is 1. The number of amides is 2. The van der Waals surface area contributed by atoms with Gasteiger partial charge in [-0.05, 0) is 45.0 Å². The molecule has 4 rings (SSSR count). The smallest absolute Gasteiger partial charge is 0.338 e. The van der Waals surface area contributed by atoms with Gasteiger partial charge in [0.2, 0.25) is 5.78 Å². The van der Waals surface area contributed by atoms with E-state index < -0.39 is 24.4 Å². The summed E-state index contributed by atoms with van der Waals surface area (Å²) in [5.41, 5.74) is 2.30. The Morgan fingerprint density at radius 2 is 1.74 bits per heavy atom. The summed E-state index contributed by atoms with van der Waals surface area (Å²) in [4.78, 5) is 50.2. The van der Waals surface area contributed by atoms with Crippen LogP contribution >= 0.6 is 0 Å². The average Bonchev–Trinajstić information content (AvgIpc) is 3.37. The largest absolute Gasteiger partial charge is 0.454 e. The lowest BCUT2D eigenvalue weighted by atomic mass is 10.1. The summed E-state index contributed by atoms with van der Waals surface area (Å²) in [6, 6.07) is 7.57. The highest BCUT2D eigenvalue weighted by molar-refractivity contribution is 6.21. The van der Waals surface area contributed by atoms with Crippen molar-refractivity contribution < 1.29 is 28.4 Å². The predicted octanol–water partition coefficient (Wildman–Crippen LogP) is 2.66. The number of carbonyl (C=O) groups is 4. The third kappa shape index (κ3) is 3.33. The van der Waals surface area contributed by atoms with E-state index in [1.165, 1.54) is 25.2 Å². The molecule has 2 amide bonds. The summed E-state index contributed by atoms with van der Waals surface area (Å²) >= 11 is 0. The molecule has 0 atom stereocenters. The van der Waals surface area contributed by atoms with E-state index in [1.807, 2.05) is 6.92 Å². The van der Waals surface area contributed by atoms with E-state index in [-0.39, 0.29) is 22.5 Å². The number of carbonyl (C=O) groups excluding carboxylic acids is 4. The zero-order valence-corrected chi connectivity index (χ0v) is 17.4. The normalized spacial score (nSPS) is 13.0. The van der Waals surface area contributed by atoms with Crippen molar-refractivity contribution in [2.24, 2.45) is 0 Å². The van der Waals surface area contributed by atoms with Gasteiger partial charge in [-0.25, -0.2) is 4.79 Å². The van der Waals surface area contributed by atoms with Crippen molar-refractivity contribution in [3.05, 3.63) is 69.7 Å². The molecule has 9 nitrogen and oxygen atoms in total. The minimum Gasteiger partial charge on any atom is -0.454 e. The lowest BCUT2D eigenvalue weighted by Gasteiger charge is -2.07. The quantitative estimate of drug-likeness (QED) is 0.354. The van der Waals surface area contributed by atoms with E-state index in [2.05, 4.69) is 5.16 Å². The van der Waals surface area contributed by atoms with Gasteiger partial charge in [0.15, 0.2) is 12.4 Å². The molecule has 0 saturated heterocycles. The fourth-order valence-corrected chi connectivity index (χ4v) is 3.64. The van der Waals surface area contributed by atoms with Crippen molar-refractivity contribution in [2.45, 2.75) is 20.8 Å². The first-order valence-electron chi connectivity index (χ1n) is 9.48. The second-order valence-electron chi connectivity index (χ2n) is 7.34. The van der Waals surface area contributed by atoms with Crippen molar-refractivity contribution in [2.75, 3.05) is 13.7 Å². The molecule has 9 heteroatoms. The molecule has 0 bridgehead atoms. The SMILES string of the molecule is Cc1cc(-n2c(C)cc(C(=O)COC(=O)c3ccc4c(c3)C(=O)N(C)C4=O)c2C)no1. The van der Waals surface area contributed by atoms with Gasteiger partial charge in [0, 0.05) is 30.1 Å². The Hall–Kier alpha value is -4.01. The maximum Gasteiger partial charge on any atom is 0.338 e. The first-order chi connectivity index (χ1) is 14.7. The molecule has 31 heavy (non-hydrogen) atoms. The average molecular weight is 421 g/mol. The zero-order valence-electron chi connectivity index (χ0n) is 17.4. The number of ether oxygens (including phenoxy) is 1. The number of ketones is 1. The highest BCUT2D eigenvalue weighted by atomic mass is 16.5. The Balaban J connectivity index is 1.49. The molecule has 0 saturated carbocycles. The first-order valence-corrected chi connectivity index (χ1v) is 9.48. The number of rotatable bonds is 5. The molecule has 0 N–H and O–H groups in total. The van der Waals surface area contributed by atoms with E-state index in [9.17, 15) is 19.2 Å². The van der Waals surface area contributed by atoms with Crippen LogP contribution in [-0.2, 0) is 4.74 Å². The lowest BCUT2D eigenvalue weighted by molar-refractivity contribution is 0.0474. The van der Waals surface area contributed by atoms with Crippen molar-refractivity contribution in [3.8, 4) is 5.82 Å². The Morgan fingerprint density at radius 1 is 1.03 bits per heavy atom. The van der Waals surface area contributed by atoms with E-state index in [4.69, 9.17) is 9.26 Å². The number of esters is 1. The number of aryl methyl sites for hydroxylation is 2. The van der Waals surface area contributed by atoms with Gasteiger partial charge in [-0.3, -0.25) is 23.9 Å². The van der Waals surface area contributed by atoms with Gasteiger partial charge in [0.25, 0.3) is 11.8 Å². The Kier molecular flexibility index (Phi) is 4.81. The van der Waals surface area contributed by atoms with Gasteiger partial charge in [0.05, 0.1) is 16.7 Å². The van der Waals surface area contributed by atoms with Crippen LogP contribution in [0.1, 0.15) is 58.6 Å². The lowest BCUT2D eigenvalue weighted by Crippen LogP contribution is -2.24. The molecule has 0 radical (unpaired) electrons. The number of aromatic nitrogens is 2. The number of fused-ring (bicyclic) bond motifs is 1. The number of imide groups is 1. The van der Waals surface area contributed by atoms with Crippen molar-refractivity contribution in [3.63, 3.8) is 0 Å². The van der Waals surface area contributed by atoms with Crippen LogP contribution in [0.25, 0.3) is 5.82 Å². The molecule has 3 heterocycles. The van der Waals surface area contributed by atoms with Gasteiger partial charge < -0.3 is 9.26 Å². The first kappa shape index (κ1) is 20.3. The Labute approximate surface area is 177 Å². The van der Waals surface area contributed by atoms with Crippen molar-refractivity contribution in [1.82, 2.24) is 14.6 Å². The summed E-state index contributed by atoms with van der Waals surface area (Å²) in [7, 11) is 1.37. The third-order valence-corrected chi connectivity index (χ3v) is 5.24. The van der Waals surface area contributed by atoms with Gasteiger partial charge in [-0.2, -0.15) is 0 Å². The molecule has 0 unspecified atom stereocenters. The minimum absolute atomic E-state index is 0.0894. The molecule has 1 aliphatic heterocycles. The summed E-state index contributed by atoms with van der Waals surface area (Å²) < 4.78 is 12.1. The standard InChI is InChI=1S/C22H19N3O6/c1-11-7-16(13(3)25(11)19-8-12(2)31-23-19)18(26)10-30-22(29)14-5-6-15-17(9-14)21(28)24(4)20(15)27/h5-9H,10H2,1-4H3. The van der Waals surface area contributed by atoms with Crippen LogP contribution in [0.15, 0.2) is 34.9 Å². The van der Waals surface area contributed by atoms with E-state index in [0.29, 0.717) is 22.8 Å². The molecule has 1 aromatic carbocycles. The Morgan fingerprint density at radius 3 is 2.42 bits per heavy atom. The topological polar surface area (TPSA) is 112 Å². The second kappa shape index (κ2) is 7.35. The van der Waals surface area contributed by atoms with Crippen LogP contribution in [0, 0.1) is 20.8 Å². The molecular weight excluding hydrogens is 402 g/mol. The molecule has 158 valence electrons. The summed E-state index contributed by atoms with van der Waals surface area (Å²) in [5, 5.41) is 3.98. The number of benzene rings is 1. The fraction of sp³-hybridized carbons (Fsp3) is 0.227. The van der Waals surface area contributed by atoms with E-state index >= 15 is 0 Å². The van der Waals surface area contributed by atoms with Crippen LogP contribution in [0.5, 0.6) is 0 Å². The van der Waals surface area contributed by atoms with Crippen LogP contribution in [-0.4, -0.2) is 51.8 Å². The van der Waals surface area contributed by atoms with E-state index in [1.54, 1.807) is 30.5 Å². The van der Waals surface area contributed by atoms with Crippen molar-refractivity contribution >= 4 is 23.6 Å². The Bertz CT molecular complexity index is 1270. The van der Waals surface area contributed by atoms with Crippen LogP contribution < -0.4 is 0 Å². The second-order valence-corrected chi connectivity index (χ2v) is 7.34. The van der Waals surface area contributed by atoms with Crippen LogP contribution in [0.3, 0.4) is 0 Å². The molecule has 3 aromatic rings. The fourth-order valence-electron chi connectivity index (χ4n) is 3.64. The van der Waals surface area contributed by atoms with Crippen LogP contribution in [0.4, 0.5) is 0 Å². The maximum absolute atomic E-state index is 12.7. The maximum atomic E-state index is 12.7. The minimum atomic E-state index is -0.758. The van der Waals surface area contributed by atoms with Gasteiger partial charge >= 0.3 is 5.97 Å². The predicted molar refractivity (Wildman–Crippen MR) is 108 cm³/mol. The zero-order chi connectivity index (χ0) is 22.4. The monoisotopic (exact) mass is 421 g/mol. The molecule has 1 aliphatic rings. The molecule has 0 aliphatic carbocycles. The number of hydrogen-bond acceptors (Lipinski definition) is 7.